The molecule has 3 heterocycles. The van der Waals surface area contributed by atoms with Crippen LogP contribution in [0.15, 0.2) is 43.0 Å². The van der Waals surface area contributed by atoms with E-state index in [4.69, 9.17) is 9.97 Å². The largest absolute Gasteiger partial charge is 0.363 e. The summed E-state index contributed by atoms with van der Waals surface area (Å²) in [7, 11) is 0. The Morgan fingerprint density at radius 2 is 2.04 bits per heavy atom. The second-order valence-corrected chi connectivity index (χ2v) is 6.22. The lowest BCUT2D eigenvalue weighted by Gasteiger charge is -2.18. The predicted octanol–water partition coefficient (Wildman–Crippen LogP) is 3.73. The fourth-order valence-electron chi connectivity index (χ4n) is 3.13. The zero-order valence-corrected chi connectivity index (χ0v) is 13.9. The number of aryl methyl sites for hydroxylation is 1. The number of fused-ring (bicyclic) bond motifs is 1. The van der Waals surface area contributed by atoms with Gasteiger partial charge in [-0.15, -0.1) is 0 Å². The molecule has 0 unspecified atom stereocenters. The van der Waals surface area contributed by atoms with E-state index in [2.05, 4.69) is 15.3 Å². The number of nitrogens with zero attached hydrogens (tertiary/aromatic N) is 4. The molecule has 0 spiro atoms. The SMILES string of the molecule is C[C@@H](Nc1nc(-c2cccnc2)nc2c1CCC2)c1cncc(F)c1. The van der Waals surface area contributed by atoms with Gasteiger partial charge in [0, 0.05) is 35.4 Å². The Morgan fingerprint density at radius 3 is 2.84 bits per heavy atom. The van der Waals surface area contributed by atoms with Gasteiger partial charge in [-0.2, -0.15) is 0 Å². The Hall–Kier alpha value is -2.89. The van der Waals surface area contributed by atoms with Crippen LogP contribution in [0.4, 0.5) is 10.2 Å². The summed E-state index contributed by atoms with van der Waals surface area (Å²) in [6.07, 6.45) is 9.36. The van der Waals surface area contributed by atoms with Gasteiger partial charge in [0.25, 0.3) is 0 Å². The van der Waals surface area contributed by atoms with Gasteiger partial charge < -0.3 is 5.32 Å². The lowest BCUT2D eigenvalue weighted by Crippen LogP contribution is -2.12. The molecular formula is C19H18FN5. The highest BCUT2D eigenvalue weighted by molar-refractivity contribution is 5.60. The fourth-order valence-corrected chi connectivity index (χ4v) is 3.13. The second kappa shape index (κ2) is 6.55. The molecule has 25 heavy (non-hydrogen) atoms. The molecule has 0 bridgehead atoms. The van der Waals surface area contributed by atoms with Crippen LogP contribution in [-0.4, -0.2) is 19.9 Å². The lowest BCUT2D eigenvalue weighted by molar-refractivity contribution is 0.616. The Labute approximate surface area is 145 Å². The molecule has 126 valence electrons. The number of halogens is 1. The third-order valence-corrected chi connectivity index (χ3v) is 4.43. The molecule has 0 saturated carbocycles. The van der Waals surface area contributed by atoms with Gasteiger partial charge in [0.15, 0.2) is 5.82 Å². The average Bonchev–Trinajstić information content (AvgIpc) is 3.11. The van der Waals surface area contributed by atoms with Gasteiger partial charge in [0.2, 0.25) is 0 Å². The van der Waals surface area contributed by atoms with Crippen LogP contribution in [0.5, 0.6) is 0 Å². The maximum Gasteiger partial charge on any atom is 0.163 e. The number of aromatic nitrogens is 4. The summed E-state index contributed by atoms with van der Waals surface area (Å²) < 4.78 is 13.4. The number of pyridine rings is 2. The smallest absolute Gasteiger partial charge is 0.163 e. The van der Waals surface area contributed by atoms with Gasteiger partial charge in [-0.3, -0.25) is 9.97 Å². The molecule has 1 aliphatic carbocycles. The van der Waals surface area contributed by atoms with E-state index in [-0.39, 0.29) is 11.9 Å². The number of nitrogens with one attached hydrogen (secondary N) is 1. The van der Waals surface area contributed by atoms with Crippen LogP contribution >= 0.6 is 0 Å². The summed E-state index contributed by atoms with van der Waals surface area (Å²) in [5, 5.41) is 3.42. The first-order valence-electron chi connectivity index (χ1n) is 8.38. The molecular weight excluding hydrogens is 317 g/mol. The molecule has 4 rings (SSSR count). The van der Waals surface area contributed by atoms with Gasteiger partial charge in [-0.25, -0.2) is 14.4 Å². The van der Waals surface area contributed by atoms with Crippen molar-refractivity contribution in [2.45, 2.75) is 32.2 Å². The molecule has 0 fully saturated rings. The molecule has 1 aliphatic rings. The summed E-state index contributed by atoms with van der Waals surface area (Å²) in [5.41, 5.74) is 3.92. The van der Waals surface area contributed by atoms with Gasteiger partial charge in [-0.1, -0.05) is 0 Å². The van der Waals surface area contributed by atoms with Crippen molar-refractivity contribution in [3.05, 3.63) is 65.6 Å². The topological polar surface area (TPSA) is 63.6 Å². The molecule has 1 N–H and O–H groups in total. The van der Waals surface area contributed by atoms with Crippen LogP contribution in [0.3, 0.4) is 0 Å². The number of hydrogen-bond acceptors (Lipinski definition) is 5. The van der Waals surface area contributed by atoms with Crippen molar-refractivity contribution in [1.29, 1.82) is 0 Å². The van der Waals surface area contributed by atoms with Crippen molar-refractivity contribution in [2.24, 2.45) is 0 Å². The maximum absolute atomic E-state index is 13.4. The van der Waals surface area contributed by atoms with Gasteiger partial charge in [-0.05, 0) is 49.9 Å². The highest BCUT2D eigenvalue weighted by Crippen LogP contribution is 2.31. The summed E-state index contributed by atoms with van der Waals surface area (Å²) in [6.45, 7) is 1.98. The molecule has 6 heteroatoms. The molecule has 0 aliphatic heterocycles. The Kier molecular flexibility index (Phi) is 4.09. The Bertz CT molecular complexity index is 898. The van der Waals surface area contributed by atoms with Crippen LogP contribution in [0, 0.1) is 5.82 Å². The standard InChI is InChI=1S/C19H18FN5/c1-12(14-8-15(20)11-22-10-14)23-19-16-5-2-6-17(16)24-18(25-19)13-4-3-7-21-9-13/h3-4,7-12H,2,5-6H2,1H3,(H,23,24,25)/t12-/m1/s1. The van der Waals surface area contributed by atoms with E-state index < -0.39 is 0 Å². The maximum atomic E-state index is 13.4. The van der Waals surface area contributed by atoms with Crippen molar-refractivity contribution in [2.75, 3.05) is 5.32 Å². The first kappa shape index (κ1) is 15.6. The second-order valence-electron chi connectivity index (χ2n) is 6.22. The van der Waals surface area contributed by atoms with Crippen molar-refractivity contribution in [3.63, 3.8) is 0 Å². The van der Waals surface area contributed by atoms with E-state index in [9.17, 15) is 4.39 Å². The van der Waals surface area contributed by atoms with Gasteiger partial charge in [0.1, 0.15) is 11.6 Å². The summed E-state index contributed by atoms with van der Waals surface area (Å²) in [4.78, 5) is 17.5. The number of hydrogen-bond donors (Lipinski definition) is 1. The minimum Gasteiger partial charge on any atom is -0.363 e. The van der Waals surface area contributed by atoms with Crippen molar-refractivity contribution in [3.8, 4) is 11.4 Å². The third-order valence-electron chi connectivity index (χ3n) is 4.43. The van der Waals surface area contributed by atoms with Crippen molar-refractivity contribution in [1.82, 2.24) is 19.9 Å². The van der Waals surface area contributed by atoms with E-state index in [1.807, 2.05) is 19.1 Å². The van der Waals surface area contributed by atoms with Crippen molar-refractivity contribution < 1.29 is 4.39 Å². The van der Waals surface area contributed by atoms with Crippen LogP contribution < -0.4 is 5.32 Å². The predicted molar refractivity (Wildman–Crippen MR) is 93.5 cm³/mol. The normalized spacial score (nSPS) is 14.2. The van der Waals surface area contributed by atoms with Gasteiger partial charge in [0.05, 0.1) is 12.2 Å². The fraction of sp³-hybridized carbons (Fsp3) is 0.263. The van der Waals surface area contributed by atoms with E-state index in [1.165, 1.54) is 12.3 Å². The molecule has 3 aromatic rings. The minimum atomic E-state index is -0.338. The monoisotopic (exact) mass is 335 g/mol. The van der Waals surface area contributed by atoms with Crippen LogP contribution in [-0.2, 0) is 12.8 Å². The first-order chi connectivity index (χ1) is 12.2. The van der Waals surface area contributed by atoms with E-state index in [0.29, 0.717) is 5.82 Å². The van der Waals surface area contributed by atoms with E-state index in [0.717, 1.165) is 47.5 Å². The Balaban J connectivity index is 1.70. The molecule has 0 radical (unpaired) electrons. The summed E-state index contributed by atoms with van der Waals surface area (Å²) >= 11 is 0. The Morgan fingerprint density at radius 1 is 1.12 bits per heavy atom. The molecule has 0 amide bonds. The highest BCUT2D eigenvalue weighted by atomic mass is 19.1. The molecule has 0 saturated heterocycles. The number of rotatable bonds is 4. The summed E-state index contributed by atoms with van der Waals surface area (Å²) in [5.74, 6) is 1.15. The zero-order valence-electron chi connectivity index (χ0n) is 13.9. The quantitative estimate of drug-likeness (QED) is 0.787. The van der Waals surface area contributed by atoms with Crippen LogP contribution in [0.1, 0.15) is 36.2 Å². The molecule has 0 aromatic carbocycles. The third kappa shape index (κ3) is 3.20. The molecule has 5 nitrogen and oxygen atoms in total. The number of anilines is 1. The molecule has 3 aromatic heterocycles. The van der Waals surface area contributed by atoms with E-state index in [1.54, 1.807) is 18.6 Å². The van der Waals surface area contributed by atoms with Crippen molar-refractivity contribution >= 4 is 5.82 Å². The zero-order chi connectivity index (χ0) is 17.2. The molecule has 1 atom stereocenters. The van der Waals surface area contributed by atoms with E-state index >= 15 is 0 Å². The highest BCUT2D eigenvalue weighted by Gasteiger charge is 2.21. The minimum absolute atomic E-state index is 0.107. The first-order valence-corrected chi connectivity index (χ1v) is 8.38. The average molecular weight is 335 g/mol. The lowest BCUT2D eigenvalue weighted by atomic mass is 10.1. The van der Waals surface area contributed by atoms with Crippen LogP contribution in [0.25, 0.3) is 11.4 Å². The summed E-state index contributed by atoms with van der Waals surface area (Å²) in [6, 6.07) is 5.21. The van der Waals surface area contributed by atoms with Gasteiger partial charge >= 0.3 is 0 Å². The van der Waals surface area contributed by atoms with Crippen LogP contribution in [0.2, 0.25) is 0 Å².